The van der Waals surface area contributed by atoms with Crippen LogP contribution in [0.15, 0.2) is 33.9 Å². The van der Waals surface area contributed by atoms with E-state index in [9.17, 15) is 4.79 Å². The fourth-order valence-corrected chi connectivity index (χ4v) is 2.67. The Bertz CT molecular complexity index is 569. The second-order valence-electron chi connectivity index (χ2n) is 3.87. The fourth-order valence-electron chi connectivity index (χ4n) is 1.52. The number of amides is 1. The summed E-state index contributed by atoms with van der Waals surface area (Å²) in [6, 6.07) is 7.47. The van der Waals surface area contributed by atoms with E-state index in [-0.39, 0.29) is 0 Å². The zero-order chi connectivity index (χ0) is 13.8. The first-order valence-corrected chi connectivity index (χ1v) is 7.40. The lowest BCUT2D eigenvalue weighted by molar-refractivity contribution is -0.117. The van der Waals surface area contributed by atoms with Crippen molar-refractivity contribution < 1.29 is 4.79 Å². The van der Waals surface area contributed by atoms with E-state index in [0.717, 1.165) is 22.3 Å². The minimum atomic E-state index is -0.492. The lowest BCUT2D eigenvalue weighted by Crippen LogP contribution is -2.19. The lowest BCUT2D eigenvalue weighted by atomic mass is 10.1. The molecule has 1 heterocycles. The van der Waals surface area contributed by atoms with Gasteiger partial charge in [-0.1, -0.05) is 46.7 Å². The van der Waals surface area contributed by atoms with E-state index < -0.39 is 11.2 Å². The summed E-state index contributed by atoms with van der Waals surface area (Å²) in [5.74, 6) is 0.386. The van der Waals surface area contributed by atoms with Gasteiger partial charge in [0.2, 0.25) is 11.1 Å². The Hall–Kier alpha value is -1.34. The van der Waals surface area contributed by atoms with Gasteiger partial charge in [-0.2, -0.15) is 0 Å². The molecule has 0 unspecified atom stereocenters. The number of carbonyl (C=O) groups excluding carboxylic acids is 1. The SMILES string of the molecule is CCc1nc(S[C@@H](C(N)=O)c2ccc(Br)cc2)n[nH]1. The molecule has 1 amide bonds. The minimum absolute atomic E-state index is 0.407. The van der Waals surface area contributed by atoms with Gasteiger partial charge in [-0.3, -0.25) is 9.89 Å². The van der Waals surface area contributed by atoms with Crippen molar-refractivity contribution >= 4 is 33.6 Å². The Morgan fingerprint density at radius 2 is 2.16 bits per heavy atom. The second kappa shape index (κ2) is 6.21. The van der Waals surface area contributed by atoms with E-state index in [0.29, 0.717) is 5.16 Å². The van der Waals surface area contributed by atoms with Crippen LogP contribution >= 0.6 is 27.7 Å². The number of hydrogen-bond acceptors (Lipinski definition) is 4. The van der Waals surface area contributed by atoms with Crippen LogP contribution in [-0.2, 0) is 11.2 Å². The Labute approximate surface area is 123 Å². The van der Waals surface area contributed by atoms with E-state index in [4.69, 9.17) is 5.73 Å². The minimum Gasteiger partial charge on any atom is -0.368 e. The first kappa shape index (κ1) is 14.1. The van der Waals surface area contributed by atoms with Gasteiger partial charge < -0.3 is 5.73 Å². The predicted octanol–water partition coefficient (Wildman–Crippen LogP) is 2.45. The van der Waals surface area contributed by atoms with E-state index in [2.05, 4.69) is 31.1 Å². The summed E-state index contributed by atoms with van der Waals surface area (Å²) in [4.78, 5) is 15.9. The van der Waals surface area contributed by atoms with E-state index in [1.807, 2.05) is 31.2 Å². The van der Waals surface area contributed by atoms with Crippen LogP contribution in [0.1, 0.15) is 23.6 Å². The zero-order valence-electron chi connectivity index (χ0n) is 10.3. The molecule has 1 atom stereocenters. The normalized spacial score (nSPS) is 12.3. The summed E-state index contributed by atoms with van der Waals surface area (Å²) < 4.78 is 0.954. The smallest absolute Gasteiger partial charge is 0.235 e. The predicted molar refractivity (Wildman–Crippen MR) is 77.7 cm³/mol. The average Bonchev–Trinajstić information content (AvgIpc) is 2.85. The topological polar surface area (TPSA) is 84.7 Å². The molecule has 19 heavy (non-hydrogen) atoms. The van der Waals surface area contributed by atoms with Crippen molar-refractivity contribution in [2.24, 2.45) is 5.73 Å². The van der Waals surface area contributed by atoms with Gasteiger partial charge in [0, 0.05) is 10.9 Å². The number of halogens is 1. The molecule has 1 aromatic carbocycles. The maximum atomic E-state index is 11.6. The standard InChI is InChI=1S/C12H13BrN4OS/c1-2-9-15-12(17-16-9)19-10(11(14)18)7-3-5-8(13)6-4-7/h3-6,10H,2H2,1H3,(H2,14,18)(H,15,16,17)/t10-/m1/s1. The van der Waals surface area contributed by atoms with Gasteiger partial charge in [0.15, 0.2) is 0 Å². The monoisotopic (exact) mass is 340 g/mol. The van der Waals surface area contributed by atoms with Crippen LogP contribution in [-0.4, -0.2) is 21.1 Å². The molecule has 2 aromatic rings. The molecule has 0 spiro atoms. The van der Waals surface area contributed by atoms with Gasteiger partial charge in [0.05, 0.1) is 0 Å². The Kier molecular flexibility index (Phi) is 4.60. The zero-order valence-corrected chi connectivity index (χ0v) is 12.7. The average molecular weight is 341 g/mol. The number of aromatic amines is 1. The van der Waals surface area contributed by atoms with Crippen LogP contribution in [0, 0.1) is 0 Å². The molecule has 0 aliphatic heterocycles. The number of aryl methyl sites for hydroxylation is 1. The number of aromatic nitrogens is 3. The van der Waals surface area contributed by atoms with E-state index >= 15 is 0 Å². The highest BCUT2D eigenvalue weighted by Crippen LogP contribution is 2.33. The number of nitrogens with one attached hydrogen (secondary N) is 1. The summed E-state index contributed by atoms with van der Waals surface area (Å²) in [6.07, 6.45) is 0.771. The maximum Gasteiger partial charge on any atom is 0.235 e. The molecule has 0 radical (unpaired) electrons. The molecule has 2 rings (SSSR count). The van der Waals surface area contributed by atoms with E-state index in [1.54, 1.807) is 0 Å². The molecule has 3 N–H and O–H groups in total. The van der Waals surface area contributed by atoms with Crippen molar-refractivity contribution in [1.82, 2.24) is 15.2 Å². The molecule has 0 aliphatic carbocycles. The summed E-state index contributed by atoms with van der Waals surface area (Å²) >= 11 is 4.61. The number of nitrogens with two attached hydrogens (primary N) is 1. The van der Waals surface area contributed by atoms with Crippen LogP contribution in [0.3, 0.4) is 0 Å². The van der Waals surface area contributed by atoms with Gasteiger partial charge in [-0.25, -0.2) is 4.98 Å². The molecule has 100 valence electrons. The van der Waals surface area contributed by atoms with Gasteiger partial charge in [0.1, 0.15) is 11.1 Å². The number of H-pyrrole nitrogens is 1. The van der Waals surface area contributed by atoms with Crippen molar-refractivity contribution in [3.05, 3.63) is 40.1 Å². The highest BCUT2D eigenvalue weighted by Gasteiger charge is 2.21. The van der Waals surface area contributed by atoms with Crippen LogP contribution in [0.5, 0.6) is 0 Å². The van der Waals surface area contributed by atoms with Crippen molar-refractivity contribution in [3.8, 4) is 0 Å². The summed E-state index contributed by atoms with van der Waals surface area (Å²) in [6.45, 7) is 1.98. The first-order chi connectivity index (χ1) is 9.10. The van der Waals surface area contributed by atoms with Crippen LogP contribution in [0.4, 0.5) is 0 Å². The van der Waals surface area contributed by atoms with Crippen molar-refractivity contribution in [2.45, 2.75) is 23.8 Å². The number of carbonyl (C=O) groups is 1. The lowest BCUT2D eigenvalue weighted by Gasteiger charge is -2.11. The molecular formula is C12H13BrN4OS. The Morgan fingerprint density at radius 1 is 1.47 bits per heavy atom. The first-order valence-electron chi connectivity index (χ1n) is 5.73. The van der Waals surface area contributed by atoms with Gasteiger partial charge in [-0.05, 0) is 17.7 Å². The molecule has 7 heteroatoms. The molecule has 0 bridgehead atoms. The molecular weight excluding hydrogens is 328 g/mol. The van der Waals surface area contributed by atoms with Gasteiger partial charge in [-0.15, -0.1) is 5.10 Å². The highest BCUT2D eigenvalue weighted by molar-refractivity contribution is 9.10. The molecule has 0 saturated heterocycles. The summed E-state index contributed by atoms with van der Waals surface area (Å²) in [5.41, 5.74) is 6.29. The molecule has 0 aliphatic rings. The van der Waals surface area contributed by atoms with Crippen molar-refractivity contribution in [2.75, 3.05) is 0 Å². The highest BCUT2D eigenvalue weighted by atomic mass is 79.9. The fraction of sp³-hybridized carbons (Fsp3) is 0.250. The summed E-state index contributed by atoms with van der Waals surface area (Å²) in [7, 11) is 0. The number of primary amides is 1. The number of thioether (sulfide) groups is 1. The van der Waals surface area contributed by atoms with Crippen LogP contribution in [0.25, 0.3) is 0 Å². The molecule has 5 nitrogen and oxygen atoms in total. The largest absolute Gasteiger partial charge is 0.368 e. The number of rotatable bonds is 5. The third-order valence-electron chi connectivity index (χ3n) is 2.50. The van der Waals surface area contributed by atoms with Crippen LogP contribution in [0.2, 0.25) is 0 Å². The maximum absolute atomic E-state index is 11.6. The third-order valence-corrected chi connectivity index (χ3v) is 4.16. The van der Waals surface area contributed by atoms with E-state index in [1.165, 1.54) is 11.8 Å². The van der Waals surface area contributed by atoms with Crippen molar-refractivity contribution in [3.63, 3.8) is 0 Å². The van der Waals surface area contributed by atoms with Crippen LogP contribution < -0.4 is 5.73 Å². The Balaban J connectivity index is 2.21. The molecule has 0 fully saturated rings. The molecule has 1 aromatic heterocycles. The third kappa shape index (κ3) is 3.57. The van der Waals surface area contributed by atoms with Gasteiger partial charge in [0.25, 0.3) is 0 Å². The summed E-state index contributed by atoms with van der Waals surface area (Å²) in [5, 5.41) is 6.92. The number of benzene rings is 1. The van der Waals surface area contributed by atoms with Gasteiger partial charge >= 0.3 is 0 Å². The number of nitrogens with zero attached hydrogens (tertiary/aromatic N) is 2. The second-order valence-corrected chi connectivity index (χ2v) is 5.86. The molecule has 0 saturated carbocycles. The van der Waals surface area contributed by atoms with Crippen molar-refractivity contribution in [1.29, 1.82) is 0 Å². The Morgan fingerprint density at radius 3 is 2.68 bits per heavy atom. The number of hydrogen-bond donors (Lipinski definition) is 2. The quantitative estimate of drug-likeness (QED) is 0.818.